The van der Waals surface area contributed by atoms with Gasteiger partial charge in [-0.1, -0.05) is 0 Å². The highest BCUT2D eigenvalue weighted by atomic mass is 32.2. The molecule has 0 saturated heterocycles. The number of nitrogens with zero attached hydrogens (tertiary/aromatic N) is 4. The molecule has 2 amide bonds. The highest BCUT2D eigenvalue weighted by molar-refractivity contribution is 7.91. The smallest absolute Gasteiger partial charge is 0.323 e. The summed E-state index contributed by atoms with van der Waals surface area (Å²) < 4.78 is 25.4. The predicted octanol–water partition coefficient (Wildman–Crippen LogP) is 2.53. The molecule has 11 heteroatoms. The molecule has 1 aliphatic carbocycles. The number of benzene rings is 1. The minimum atomic E-state index is -3.35. The number of urea groups is 1. The topological polar surface area (TPSA) is 145 Å². The number of carbonyl (C=O) groups is 1. The molecular weight excluding hydrogens is 418 g/mol. The molecule has 0 radical (unpaired) electrons. The van der Waals surface area contributed by atoms with E-state index in [2.05, 4.69) is 25.7 Å². The van der Waals surface area contributed by atoms with E-state index in [0.717, 1.165) is 6.42 Å². The maximum atomic E-state index is 12.4. The molecule has 0 atom stereocenters. The van der Waals surface area contributed by atoms with Crippen LogP contribution in [0.1, 0.15) is 25.0 Å². The fourth-order valence-electron chi connectivity index (χ4n) is 3.63. The van der Waals surface area contributed by atoms with Gasteiger partial charge < -0.3 is 16.4 Å². The molecule has 31 heavy (non-hydrogen) atoms. The van der Waals surface area contributed by atoms with E-state index in [0.29, 0.717) is 41.3 Å². The molecule has 2 heterocycles. The van der Waals surface area contributed by atoms with Gasteiger partial charge in [-0.15, -0.1) is 0 Å². The third-order valence-electron chi connectivity index (χ3n) is 5.45. The fraction of sp³-hybridized carbons (Fsp3) is 0.300. The van der Waals surface area contributed by atoms with E-state index in [4.69, 9.17) is 5.73 Å². The quantitative estimate of drug-likeness (QED) is 0.551. The number of rotatable bonds is 5. The Morgan fingerprint density at radius 1 is 1.13 bits per heavy atom. The number of aryl methyl sites for hydroxylation is 1. The Labute approximate surface area is 179 Å². The second-order valence-corrected chi connectivity index (χ2v) is 10.0. The number of nitrogens with two attached hydrogens (primary N) is 1. The van der Waals surface area contributed by atoms with Crippen LogP contribution in [-0.2, 0) is 21.6 Å². The van der Waals surface area contributed by atoms with Gasteiger partial charge in [0.25, 0.3) is 0 Å². The van der Waals surface area contributed by atoms with Crippen LogP contribution in [0.4, 0.5) is 22.0 Å². The Balaban J connectivity index is 1.54. The number of aromatic nitrogens is 4. The predicted molar refractivity (Wildman–Crippen MR) is 118 cm³/mol. The lowest BCUT2D eigenvalue weighted by Gasteiger charge is -2.39. The zero-order valence-electron chi connectivity index (χ0n) is 17.2. The number of carbonyl (C=O) groups excluding carboxylic acids is 1. The number of hydrogen-bond donors (Lipinski definition) is 3. The molecule has 0 bridgehead atoms. The Morgan fingerprint density at radius 2 is 1.81 bits per heavy atom. The van der Waals surface area contributed by atoms with Crippen molar-refractivity contribution in [3.63, 3.8) is 0 Å². The van der Waals surface area contributed by atoms with Crippen molar-refractivity contribution >= 4 is 33.1 Å². The number of sulfone groups is 1. The van der Waals surface area contributed by atoms with Crippen molar-refractivity contribution in [1.82, 2.24) is 19.7 Å². The van der Waals surface area contributed by atoms with E-state index in [1.54, 1.807) is 54.5 Å². The number of hydrogen-bond acceptors (Lipinski definition) is 7. The van der Waals surface area contributed by atoms with E-state index >= 15 is 0 Å². The van der Waals surface area contributed by atoms with Gasteiger partial charge >= 0.3 is 6.03 Å². The van der Waals surface area contributed by atoms with E-state index < -0.39 is 20.6 Å². The molecule has 1 saturated carbocycles. The molecular formula is C20H23N7O3S. The largest absolute Gasteiger partial charge is 0.384 e. The summed E-state index contributed by atoms with van der Waals surface area (Å²) in [4.78, 5) is 20.9. The average Bonchev–Trinajstić information content (AvgIpc) is 3.04. The molecule has 4 rings (SSSR count). The van der Waals surface area contributed by atoms with Gasteiger partial charge in [0.15, 0.2) is 15.7 Å². The van der Waals surface area contributed by atoms with E-state index in [9.17, 15) is 13.2 Å². The summed E-state index contributed by atoms with van der Waals surface area (Å²) in [5, 5.41) is 9.41. The molecule has 0 aliphatic heterocycles. The first-order chi connectivity index (χ1) is 14.7. The van der Waals surface area contributed by atoms with E-state index in [1.165, 1.54) is 6.26 Å². The van der Waals surface area contributed by atoms with Crippen molar-refractivity contribution in [2.24, 2.45) is 7.05 Å². The fourth-order valence-corrected chi connectivity index (χ4v) is 5.14. The second-order valence-electron chi connectivity index (χ2n) is 7.68. The normalized spacial score (nSPS) is 15.2. The summed E-state index contributed by atoms with van der Waals surface area (Å²) in [5.41, 5.74) is 8.21. The first kappa shape index (κ1) is 20.8. The summed E-state index contributed by atoms with van der Waals surface area (Å²) >= 11 is 0. The molecule has 162 valence electrons. The Kier molecular flexibility index (Phi) is 5.13. The zero-order valence-corrected chi connectivity index (χ0v) is 18.0. The Hall–Kier alpha value is -3.47. The summed E-state index contributed by atoms with van der Waals surface area (Å²) in [6.45, 7) is 0. The van der Waals surface area contributed by atoms with Crippen molar-refractivity contribution < 1.29 is 13.2 Å². The summed E-state index contributed by atoms with van der Waals surface area (Å²) in [6.07, 6.45) is 6.34. The summed E-state index contributed by atoms with van der Waals surface area (Å²) in [6, 6.07) is 8.05. The van der Waals surface area contributed by atoms with Gasteiger partial charge in [0.05, 0.1) is 17.6 Å². The van der Waals surface area contributed by atoms with Crippen LogP contribution in [0.25, 0.3) is 11.4 Å². The van der Waals surface area contributed by atoms with Crippen molar-refractivity contribution in [2.75, 3.05) is 22.6 Å². The maximum Gasteiger partial charge on any atom is 0.323 e. The molecule has 4 N–H and O–H groups in total. The standard InChI is InChI=1S/C20H23N7O3S/c1-27-12-15(11-22-27)24-19(28)23-14-6-4-13(5-7-14)18-25-16(10-17(21)26-18)20(8-3-9-20)31(2,29)30/h4-7,10-12H,3,8-9H2,1-2H3,(H2,21,25,26)(H2,23,24,28). The minimum absolute atomic E-state index is 0.216. The molecule has 0 spiro atoms. The average molecular weight is 442 g/mol. The molecule has 3 aromatic rings. The number of amides is 2. The van der Waals surface area contributed by atoms with Gasteiger partial charge in [-0.2, -0.15) is 5.10 Å². The van der Waals surface area contributed by atoms with Gasteiger partial charge in [-0.25, -0.2) is 23.2 Å². The van der Waals surface area contributed by atoms with Gasteiger partial charge in [-0.05, 0) is 43.5 Å². The highest BCUT2D eigenvalue weighted by Crippen LogP contribution is 2.47. The van der Waals surface area contributed by atoms with Crippen LogP contribution in [0.15, 0.2) is 42.7 Å². The molecule has 1 aliphatic rings. The number of nitrogens with one attached hydrogen (secondary N) is 2. The lowest BCUT2D eigenvalue weighted by atomic mass is 9.81. The van der Waals surface area contributed by atoms with Crippen LogP contribution in [0.3, 0.4) is 0 Å². The monoisotopic (exact) mass is 441 g/mol. The molecule has 10 nitrogen and oxygen atoms in total. The first-order valence-electron chi connectivity index (χ1n) is 9.68. The van der Waals surface area contributed by atoms with Crippen molar-refractivity contribution in [3.05, 3.63) is 48.4 Å². The molecule has 1 fully saturated rings. The second kappa shape index (κ2) is 7.65. The lowest BCUT2D eigenvalue weighted by molar-refractivity contribution is 0.262. The molecule has 0 unspecified atom stereocenters. The van der Waals surface area contributed by atoms with Gasteiger partial charge in [0.1, 0.15) is 10.6 Å². The van der Waals surface area contributed by atoms with Crippen LogP contribution in [0.2, 0.25) is 0 Å². The van der Waals surface area contributed by atoms with Crippen LogP contribution in [-0.4, -0.2) is 40.5 Å². The SMILES string of the molecule is Cn1cc(NC(=O)Nc2ccc(-c3nc(N)cc(C4(S(C)(=O)=O)CCC4)n3)cc2)cn1. The van der Waals surface area contributed by atoms with Gasteiger partial charge in [0, 0.05) is 36.8 Å². The summed E-state index contributed by atoms with van der Waals surface area (Å²) in [5.74, 6) is 0.560. The van der Waals surface area contributed by atoms with Crippen molar-refractivity contribution in [1.29, 1.82) is 0 Å². The van der Waals surface area contributed by atoms with Crippen LogP contribution < -0.4 is 16.4 Å². The van der Waals surface area contributed by atoms with E-state index in [-0.39, 0.29) is 5.82 Å². The van der Waals surface area contributed by atoms with Crippen LogP contribution in [0, 0.1) is 0 Å². The minimum Gasteiger partial charge on any atom is -0.384 e. The van der Waals surface area contributed by atoms with Gasteiger partial charge in [0.2, 0.25) is 0 Å². The van der Waals surface area contributed by atoms with Gasteiger partial charge in [-0.3, -0.25) is 4.68 Å². The molecule has 1 aromatic carbocycles. The number of nitrogen functional groups attached to an aromatic ring is 1. The zero-order chi connectivity index (χ0) is 22.2. The molecule has 2 aromatic heterocycles. The van der Waals surface area contributed by atoms with Crippen LogP contribution >= 0.6 is 0 Å². The van der Waals surface area contributed by atoms with E-state index in [1.807, 2.05) is 0 Å². The Morgan fingerprint density at radius 3 is 2.35 bits per heavy atom. The first-order valence-corrected chi connectivity index (χ1v) is 11.6. The number of anilines is 3. The van der Waals surface area contributed by atoms with Crippen molar-refractivity contribution in [2.45, 2.75) is 24.0 Å². The van der Waals surface area contributed by atoms with Crippen molar-refractivity contribution in [3.8, 4) is 11.4 Å². The lowest BCUT2D eigenvalue weighted by Crippen LogP contribution is -2.42. The Bertz CT molecular complexity index is 1230. The highest BCUT2D eigenvalue weighted by Gasteiger charge is 2.49. The third kappa shape index (κ3) is 4.08. The summed E-state index contributed by atoms with van der Waals surface area (Å²) in [7, 11) is -1.59. The third-order valence-corrected chi connectivity index (χ3v) is 7.48. The van der Waals surface area contributed by atoms with Crippen LogP contribution in [0.5, 0.6) is 0 Å². The maximum absolute atomic E-state index is 12.4.